The van der Waals surface area contributed by atoms with Gasteiger partial charge in [-0.3, -0.25) is 4.79 Å². The standard InChI is InChI=1S/C19H24N6OS2/c20-25-16(11-10-13-6-2-1-3-7-13)23-24-19(25)27-12-17(26)22-18-21-14-8-4-5-9-15(14)28-18/h4-5,8-9,13H,1-3,6-7,10-12,20H2,(H,21,22,26). The summed E-state index contributed by atoms with van der Waals surface area (Å²) in [6.07, 6.45) is 8.61. The first kappa shape index (κ1) is 19.2. The summed E-state index contributed by atoms with van der Waals surface area (Å²) in [5.41, 5.74) is 0.889. The second kappa shape index (κ2) is 8.91. The van der Waals surface area contributed by atoms with Crippen molar-refractivity contribution in [2.24, 2.45) is 5.92 Å². The Morgan fingerprint density at radius 1 is 1.25 bits per heavy atom. The number of benzene rings is 1. The fraction of sp³-hybridized carbons (Fsp3) is 0.474. The van der Waals surface area contributed by atoms with Gasteiger partial charge in [0.2, 0.25) is 11.1 Å². The first-order chi connectivity index (χ1) is 13.7. The van der Waals surface area contributed by atoms with E-state index in [4.69, 9.17) is 5.84 Å². The van der Waals surface area contributed by atoms with Crippen LogP contribution in [0.2, 0.25) is 0 Å². The molecule has 1 fully saturated rings. The van der Waals surface area contributed by atoms with Gasteiger partial charge in [0.05, 0.1) is 16.0 Å². The van der Waals surface area contributed by atoms with Crippen LogP contribution in [0.15, 0.2) is 29.4 Å². The van der Waals surface area contributed by atoms with Gasteiger partial charge in [0, 0.05) is 6.42 Å². The first-order valence-corrected chi connectivity index (χ1v) is 11.5. The predicted octanol–water partition coefficient (Wildman–Crippen LogP) is 3.85. The number of hydrogen-bond donors (Lipinski definition) is 2. The summed E-state index contributed by atoms with van der Waals surface area (Å²) < 4.78 is 2.58. The number of nitrogen functional groups attached to an aromatic ring is 1. The predicted molar refractivity (Wildman–Crippen MR) is 114 cm³/mol. The van der Waals surface area contributed by atoms with Gasteiger partial charge in [-0.05, 0) is 24.5 Å². The number of aromatic nitrogens is 4. The summed E-state index contributed by atoms with van der Waals surface area (Å²) in [4.78, 5) is 16.7. The van der Waals surface area contributed by atoms with Crippen LogP contribution < -0.4 is 11.2 Å². The molecule has 4 rings (SSSR count). The second-order valence-corrected chi connectivity index (χ2v) is 9.11. The monoisotopic (exact) mass is 416 g/mol. The fourth-order valence-corrected chi connectivity index (χ4v) is 5.15. The number of nitrogens with one attached hydrogen (secondary N) is 1. The van der Waals surface area contributed by atoms with Gasteiger partial charge in [0.25, 0.3) is 0 Å². The van der Waals surface area contributed by atoms with Gasteiger partial charge in [-0.1, -0.05) is 67.3 Å². The van der Waals surface area contributed by atoms with E-state index in [-0.39, 0.29) is 11.7 Å². The quantitative estimate of drug-likeness (QED) is 0.448. The van der Waals surface area contributed by atoms with Gasteiger partial charge in [-0.15, -0.1) is 10.2 Å². The lowest BCUT2D eigenvalue weighted by atomic mass is 9.86. The molecule has 1 aromatic carbocycles. The highest BCUT2D eigenvalue weighted by molar-refractivity contribution is 7.99. The Morgan fingerprint density at radius 2 is 2.07 bits per heavy atom. The number of carbonyl (C=O) groups excluding carboxylic acids is 1. The molecule has 1 aliphatic carbocycles. The van der Waals surface area contributed by atoms with Gasteiger partial charge < -0.3 is 11.2 Å². The van der Waals surface area contributed by atoms with Crippen molar-refractivity contribution in [2.45, 2.75) is 50.1 Å². The molecule has 0 aliphatic heterocycles. The Bertz CT molecular complexity index is 914. The normalized spacial score (nSPS) is 15.1. The molecule has 1 saturated carbocycles. The molecule has 0 unspecified atom stereocenters. The minimum atomic E-state index is -0.129. The summed E-state index contributed by atoms with van der Waals surface area (Å²) in [5.74, 6) is 7.80. The van der Waals surface area contributed by atoms with Gasteiger partial charge >= 0.3 is 0 Å². The van der Waals surface area contributed by atoms with Crippen molar-refractivity contribution in [3.63, 3.8) is 0 Å². The number of thioether (sulfide) groups is 1. The number of anilines is 1. The molecule has 3 N–H and O–H groups in total. The Kier molecular flexibility index (Phi) is 6.11. The molecule has 0 bridgehead atoms. The average molecular weight is 417 g/mol. The van der Waals surface area contributed by atoms with Crippen molar-refractivity contribution < 1.29 is 4.79 Å². The van der Waals surface area contributed by atoms with Crippen LogP contribution in [0, 0.1) is 5.92 Å². The Hall–Kier alpha value is -2.13. The topological polar surface area (TPSA) is 98.7 Å². The van der Waals surface area contributed by atoms with E-state index in [0.29, 0.717) is 10.3 Å². The summed E-state index contributed by atoms with van der Waals surface area (Å²) in [5, 5.41) is 12.4. The highest BCUT2D eigenvalue weighted by atomic mass is 32.2. The highest BCUT2D eigenvalue weighted by Crippen LogP contribution is 2.28. The van der Waals surface area contributed by atoms with E-state index in [1.165, 1.54) is 59.9 Å². The molecule has 1 aliphatic rings. The average Bonchev–Trinajstić information content (AvgIpc) is 3.28. The van der Waals surface area contributed by atoms with Gasteiger partial charge in [-0.25, -0.2) is 9.66 Å². The minimum Gasteiger partial charge on any atom is -0.336 e. The molecule has 0 atom stereocenters. The number of aryl methyl sites for hydroxylation is 1. The molecular weight excluding hydrogens is 392 g/mol. The van der Waals surface area contributed by atoms with Crippen molar-refractivity contribution in [1.29, 1.82) is 0 Å². The van der Waals surface area contributed by atoms with Crippen molar-refractivity contribution >= 4 is 44.4 Å². The number of hydrogen-bond acceptors (Lipinski definition) is 7. The van der Waals surface area contributed by atoms with Gasteiger partial charge in [0.15, 0.2) is 11.0 Å². The van der Waals surface area contributed by atoms with Crippen LogP contribution in [-0.2, 0) is 11.2 Å². The maximum atomic E-state index is 12.2. The summed E-state index contributed by atoms with van der Waals surface area (Å²) in [7, 11) is 0. The van der Waals surface area contributed by atoms with E-state index in [2.05, 4.69) is 20.5 Å². The molecule has 0 saturated heterocycles. The number of para-hydroxylation sites is 1. The van der Waals surface area contributed by atoms with E-state index in [1.807, 2.05) is 24.3 Å². The molecule has 2 heterocycles. The molecule has 7 nitrogen and oxygen atoms in total. The van der Waals surface area contributed by atoms with Gasteiger partial charge in [0.1, 0.15) is 0 Å². The van der Waals surface area contributed by atoms with E-state index in [0.717, 1.165) is 34.8 Å². The van der Waals surface area contributed by atoms with Crippen molar-refractivity contribution in [2.75, 3.05) is 16.9 Å². The SMILES string of the molecule is Nn1c(CCC2CCCCC2)nnc1SCC(=O)Nc1nc2ccccc2s1. The number of nitrogens with two attached hydrogens (primary N) is 1. The molecule has 0 radical (unpaired) electrons. The Labute approximate surface area is 172 Å². The fourth-order valence-electron chi connectivity index (χ4n) is 3.60. The third-order valence-corrected chi connectivity index (χ3v) is 7.00. The number of amides is 1. The maximum Gasteiger partial charge on any atom is 0.236 e. The summed E-state index contributed by atoms with van der Waals surface area (Å²) in [6, 6.07) is 7.82. The molecule has 28 heavy (non-hydrogen) atoms. The molecule has 0 spiro atoms. The third-order valence-electron chi connectivity index (χ3n) is 5.11. The summed E-state index contributed by atoms with van der Waals surface area (Å²) >= 11 is 2.76. The molecular formula is C19H24N6OS2. The maximum absolute atomic E-state index is 12.2. The number of thiazole rings is 1. The summed E-state index contributed by atoms with van der Waals surface area (Å²) in [6.45, 7) is 0. The third kappa shape index (κ3) is 4.64. The van der Waals surface area contributed by atoms with E-state index < -0.39 is 0 Å². The van der Waals surface area contributed by atoms with Crippen LogP contribution in [0.4, 0.5) is 5.13 Å². The zero-order valence-electron chi connectivity index (χ0n) is 15.6. The van der Waals surface area contributed by atoms with Crippen LogP contribution in [-0.4, -0.2) is 31.5 Å². The number of carbonyl (C=O) groups is 1. The van der Waals surface area contributed by atoms with Crippen LogP contribution in [0.3, 0.4) is 0 Å². The Balaban J connectivity index is 1.28. The smallest absolute Gasteiger partial charge is 0.236 e. The highest BCUT2D eigenvalue weighted by Gasteiger charge is 2.17. The zero-order chi connectivity index (χ0) is 19.3. The second-order valence-electron chi connectivity index (χ2n) is 7.14. The molecule has 2 aromatic heterocycles. The number of rotatable bonds is 7. The lowest BCUT2D eigenvalue weighted by molar-refractivity contribution is -0.113. The van der Waals surface area contributed by atoms with Crippen molar-refractivity contribution in [3.05, 3.63) is 30.1 Å². The van der Waals surface area contributed by atoms with Crippen LogP contribution in [0.1, 0.15) is 44.3 Å². The van der Waals surface area contributed by atoms with Crippen LogP contribution in [0.5, 0.6) is 0 Å². The van der Waals surface area contributed by atoms with Crippen LogP contribution in [0.25, 0.3) is 10.2 Å². The largest absolute Gasteiger partial charge is 0.336 e. The number of fused-ring (bicyclic) bond motifs is 1. The van der Waals surface area contributed by atoms with Gasteiger partial charge in [-0.2, -0.15) is 0 Å². The van der Waals surface area contributed by atoms with Crippen molar-refractivity contribution in [3.8, 4) is 0 Å². The molecule has 148 valence electrons. The zero-order valence-corrected chi connectivity index (χ0v) is 17.3. The lowest BCUT2D eigenvalue weighted by Crippen LogP contribution is -2.18. The lowest BCUT2D eigenvalue weighted by Gasteiger charge is -2.20. The van der Waals surface area contributed by atoms with E-state index in [9.17, 15) is 4.79 Å². The molecule has 3 aromatic rings. The molecule has 9 heteroatoms. The first-order valence-electron chi connectivity index (χ1n) is 9.66. The Morgan fingerprint density at radius 3 is 2.89 bits per heavy atom. The van der Waals surface area contributed by atoms with Crippen molar-refractivity contribution in [1.82, 2.24) is 19.9 Å². The van der Waals surface area contributed by atoms with E-state index >= 15 is 0 Å². The van der Waals surface area contributed by atoms with E-state index in [1.54, 1.807) is 0 Å². The minimum absolute atomic E-state index is 0.129. The number of nitrogens with zero attached hydrogens (tertiary/aromatic N) is 4. The molecule has 1 amide bonds. The van der Waals surface area contributed by atoms with Crippen LogP contribution >= 0.6 is 23.1 Å².